The molecule has 0 saturated carbocycles. The lowest BCUT2D eigenvalue weighted by Gasteiger charge is -2.09. The van der Waals surface area contributed by atoms with Gasteiger partial charge in [-0.3, -0.25) is 4.68 Å². The lowest BCUT2D eigenvalue weighted by atomic mass is 10.2. The number of hydrogen-bond acceptors (Lipinski definition) is 3. The number of rotatable bonds is 5. The Morgan fingerprint density at radius 2 is 2.20 bits per heavy atom. The van der Waals surface area contributed by atoms with Crippen molar-refractivity contribution in [1.29, 1.82) is 0 Å². The summed E-state index contributed by atoms with van der Waals surface area (Å²) in [7, 11) is 1.79. The van der Waals surface area contributed by atoms with E-state index in [9.17, 15) is 9.18 Å². The highest BCUT2D eigenvalue weighted by atomic mass is 19.1. The summed E-state index contributed by atoms with van der Waals surface area (Å²) in [6.45, 7) is 2.17. The summed E-state index contributed by atoms with van der Waals surface area (Å²) >= 11 is 0. The van der Waals surface area contributed by atoms with Crippen LogP contribution < -0.4 is 4.74 Å². The lowest BCUT2D eigenvalue weighted by Crippen LogP contribution is -2.06. The molecule has 5 nitrogen and oxygen atoms in total. The Morgan fingerprint density at radius 3 is 2.80 bits per heavy atom. The third-order valence-electron chi connectivity index (χ3n) is 2.94. The Labute approximate surface area is 115 Å². The van der Waals surface area contributed by atoms with E-state index in [1.165, 1.54) is 12.1 Å². The zero-order valence-corrected chi connectivity index (χ0v) is 11.3. The van der Waals surface area contributed by atoms with Gasteiger partial charge in [0.1, 0.15) is 23.7 Å². The van der Waals surface area contributed by atoms with Gasteiger partial charge in [0.15, 0.2) is 0 Å². The highest BCUT2D eigenvalue weighted by molar-refractivity contribution is 5.90. The first kappa shape index (κ1) is 14.0. The number of nitrogens with zero attached hydrogens (tertiary/aromatic N) is 2. The summed E-state index contributed by atoms with van der Waals surface area (Å²) in [5.74, 6) is -1.69. The van der Waals surface area contributed by atoms with E-state index in [4.69, 9.17) is 9.84 Å². The van der Waals surface area contributed by atoms with Crippen LogP contribution in [0.25, 0.3) is 0 Å². The SMILES string of the molecule is CCc1cc(COc2ccc(F)cc2C(=O)O)n(C)n1. The molecule has 6 heteroatoms. The van der Waals surface area contributed by atoms with Gasteiger partial charge in [-0.25, -0.2) is 9.18 Å². The van der Waals surface area contributed by atoms with E-state index in [-0.39, 0.29) is 17.9 Å². The Balaban J connectivity index is 2.18. The van der Waals surface area contributed by atoms with E-state index in [1.54, 1.807) is 11.7 Å². The molecule has 0 fully saturated rings. The normalized spacial score (nSPS) is 10.6. The minimum Gasteiger partial charge on any atom is -0.486 e. The number of carboxylic acid groups (broad SMARTS) is 1. The van der Waals surface area contributed by atoms with Gasteiger partial charge in [0.25, 0.3) is 0 Å². The van der Waals surface area contributed by atoms with Crippen molar-refractivity contribution in [2.24, 2.45) is 7.05 Å². The molecule has 0 radical (unpaired) electrons. The van der Waals surface area contributed by atoms with Crippen molar-refractivity contribution in [3.05, 3.63) is 47.0 Å². The van der Waals surface area contributed by atoms with Gasteiger partial charge >= 0.3 is 5.97 Å². The second-order valence-electron chi connectivity index (χ2n) is 4.34. The van der Waals surface area contributed by atoms with E-state index < -0.39 is 11.8 Å². The molecule has 1 aromatic carbocycles. The predicted molar refractivity (Wildman–Crippen MR) is 70.3 cm³/mol. The molecule has 0 saturated heterocycles. The first-order chi connectivity index (χ1) is 9.51. The molecule has 106 valence electrons. The van der Waals surface area contributed by atoms with Crippen molar-refractivity contribution in [2.75, 3.05) is 0 Å². The van der Waals surface area contributed by atoms with E-state index in [1.807, 2.05) is 13.0 Å². The van der Waals surface area contributed by atoms with E-state index >= 15 is 0 Å². The molecule has 0 unspecified atom stereocenters. The van der Waals surface area contributed by atoms with Crippen LogP contribution in [-0.2, 0) is 20.1 Å². The van der Waals surface area contributed by atoms with Gasteiger partial charge in [-0.1, -0.05) is 6.92 Å². The number of ether oxygens (including phenoxy) is 1. The summed E-state index contributed by atoms with van der Waals surface area (Å²) in [5.41, 5.74) is 1.56. The molecule has 0 amide bonds. The molecule has 1 aromatic heterocycles. The quantitative estimate of drug-likeness (QED) is 0.912. The zero-order chi connectivity index (χ0) is 14.7. The molecule has 1 heterocycles. The summed E-state index contributed by atoms with van der Waals surface area (Å²) in [4.78, 5) is 11.0. The molecular weight excluding hydrogens is 263 g/mol. The number of benzene rings is 1. The Hall–Kier alpha value is -2.37. The molecule has 2 aromatic rings. The maximum absolute atomic E-state index is 13.1. The standard InChI is InChI=1S/C14H15FN2O3/c1-3-10-7-11(17(2)16-10)8-20-13-5-4-9(15)6-12(13)14(18)19/h4-7H,3,8H2,1-2H3,(H,18,19). The van der Waals surface area contributed by atoms with Gasteiger partial charge in [0.2, 0.25) is 0 Å². The molecule has 2 rings (SSSR count). The maximum atomic E-state index is 13.1. The average molecular weight is 278 g/mol. The second kappa shape index (κ2) is 5.73. The number of aryl methyl sites for hydroxylation is 2. The van der Waals surface area contributed by atoms with Gasteiger partial charge in [-0.2, -0.15) is 5.10 Å². The number of aromatic carboxylic acids is 1. The third-order valence-corrected chi connectivity index (χ3v) is 2.94. The van der Waals surface area contributed by atoms with E-state index in [0.717, 1.165) is 23.9 Å². The molecule has 0 aliphatic rings. The highest BCUT2D eigenvalue weighted by Crippen LogP contribution is 2.21. The topological polar surface area (TPSA) is 64.3 Å². The smallest absolute Gasteiger partial charge is 0.339 e. The second-order valence-corrected chi connectivity index (χ2v) is 4.34. The Morgan fingerprint density at radius 1 is 1.45 bits per heavy atom. The van der Waals surface area contributed by atoms with Crippen LogP contribution in [0.4, 0.5) is 4.39 Å². The molecule has 20 heavy (non-hydrogen) atoms. The van der Waals surface area contributed by atoms with Crippen LogP contribution >= 0.6 is 0 Å². The van der Waals surface area contributed by atoms with Crippen LogP contribution in [-0.4, -0.2) is 20.9 Å². The maximum Gasteiger partial charge on any atom is 0.339 e. The first-order valence-electron chi connectivity index (χ1n) is 6.18. The number of halogens is 1. The van der Waals surface area contributed by atoms with E-state index in [2.05, 4.69) is 5.10 Å². The van der Waals surface area contributed by atoms with Crippen LogP contribution in [0, 0.1) is 5.82 Å². The van der Waals surface area contributed by atoms with Gasteiger partial charge < -0.3 is 9.84 Å². The molecule has 0 aliphatic carbocycles. The lowest BCUT2D eigenvalue weighted by molar-refractivity contribution is 0.0691. The zero-order valence-electron chi connectivity index (χ0n) is 11.3. The van der Waals surface area contributed by atoms with Gasteiger partial charge in [-0.05, 0) is 30.7 Å². The van der Waals surface area contributed by atoms with Crippen LogP contribution in [0.2, 0.25) is 0 Å². The van der Waals surface area contributed by atoms with E-state index in [0.29, 0.717) is 0 Å². The first-order valence-corrected chi connectivity index (χ1v) is 6.18. The molecule has 1 N–H and O–H groups in total. The van der Waals surface area contributed by atoms with Crippen LogP contribution in [0.3, 0.4) is 0 Å². The number of hydrogen-bond donors (Lipinski definition) is 1. The Kier molecular flexibility index (Phi) is 4.02. The largest absolute Gasteiger partial charge is 0.486 e. The number of carbonyl (C=O) groups is 1. The Bertz CT molecular complexity index is 637. The van der Waals surface area contributed by atoms with Gasteiger partial charge in [0, 0.05) is 7.05 Å². The summed E-state index contributed by atoms with van der Waals surface area (Å²) in [6, 6.07) is 5.32. The van der Waals surface area contributed by atoms with Crippen LogP contribution in [0.1, 0.15) is 28.7 Å². The van der Waals surface area contributed by atoms with Crippen molar-refractivity contribution in [3.8, 4) is 5.75 Å². The average Bonchev–Trinajstić information content (AvgIpc) is 2.78. The summed E-state index contributed by atoms with van der Waals surface area (Å²) in [5, 5.41) is 13.3. The third kappa shape index (κ3) is 2.96. The molecular formula is C14H15FN2O3. The van der Waals surface area contributed by atoms with Crippen molar-refractivity contribution in [2.45, 2.75) is 20.0 Å². The monoisotopic (exact) mass is 278 g/mol. The van der Waals surface area contributed by atoms with Crippen LogP contribution in [0.15, 0.2) is 24.3 Å². The highest BCUT2D eigenvalue weighted by Gasteiger charge is 2.13. The fourth-order valence-corrected chi connectivity index (χ4v) is 1.83. The van der Waals surface area contributed by atoms with Crippen molar-refractivity contribution >= 4 is 5.97 Å². The predicted octanol–water partition coefficient (Wildman–Crippen LogP) is 2.40. The molecule has 0 spiro atoms. The molecule has 0 atom stereocenters. The van der Waals surface area contributed by atoms with Gasteiger partial charge in [0.05, 0.1) is 11.4 Å². The number of aromatic nitrogens is 2. The van der Waals surface area contributed by atoms with Crippen molar-refractivity contribution in [1.82, 2.24) is 9.78 Å². The fraction of sp³-hybridized carbons (Fsp3) is 0.286. The molecule has 0 aliphatic heterocycles. The minimum absolute atomic E-state index is 0.137. The molecule has 0 bridgehead atoms. The van der Waals surface area contributed by atoms with Gasteiger partial charge in [-0.15, -0.1) is 0 Å². The fourth-order valence-electron chi connectivity index (χ4n) is 1.83. The number of carboxylic acids is 1. The van der Waals surface area contributed by atoms with Crippen molar-refractivity contribution < 1.29 is 19.0 Å². The van der Waals surface area contributed by atoms with Crippen LogP contribution in [0.5, 0.6) is 5.75 Å². The minimum atomic E-state index is -1.22. The summed E-state index contributed by atoms with van der Waals surface area (Å²) < 4.78 is 20.2. The van der Waals surface area contributed by atoms with Crippen molar-refractivity contribution in [3.63, 3.8) is 0 Å². The summed E-state index contributed by atoms with van der Waals surface area (Å²) in [6.07, 6.45) is 0.810.